The maximum absolute atomic E-state index is 14.5. The number of primary amides is 1. The Labute approximate surface area is 215 Å². The SMILES string of the molecule is COCCn1cc2c(C)c(C(N)=O)c(CC3CCN(C(=O)c4ccc(S(C)(=O)=O)cc4F)CC3)cc2n1. The Morgan fingerprint density at radius 3 is 2.51 bits per heavy atom. The summed E-state index contributed by atoms with van der Waals surface area (Å²) in [6, 6.07) is 5.28. The molecule has 37 heavy (non-hydrogen) atoms. The van der Waals surface area contributed by atoms with E-state index in [2.05, 4.69) is 5.10 Å². The molecule has 2 aromatic carbocycles. The van der Waals surface area contributed by atoms with Gasteiger partial charge in [0.05, 0.1) is 29.1 Å². The number of benzene rings is 2. The van der Waals surface area contributed by atoms with Crippen LogP contribution in [0, 0.1) is 18.7 Å². The van der Waals surface area contributed by atoms with Crippen LogP contribution in [-0.2, 0) is 27.5 Å². The van der Waals surface area contributed by atoms with Crippen molar-refractivity contribution < 1.29 is 27.1 Å². The van der Waals surface area contributed by atoms with Crippen molar-refractivity contribution in [2.24, 2.45) is 11.7 Å². The minimum absolute atomic E-state index is 0.146. The van der Waals surface area contributed by atoms with Gasteiger partial charge in [0, 0.05) is 43.6 Å². The van der Waals surface area contributed by atoms with Crippen LogP contribution in [0.5, 0.6) is 0 Å². The lowest BCUT2D eigenvalue weighted by Gasteiger charge is -2.32. The second-order valence-corrected chi connectivity index (χ2v) is 11.6. The van der Waals surface area contributed by atoms with Crippen LogP contribution in [-0.4, -0.2) is 68.0 Å². The first kappa shape index (κ1) is 26.7. The largest absolute Gasteiger partial charge is 0.383 e. The van der Waals surface area contributed by atoms with Gasteiger partial charge in [0.2, 0.25) is 5.91 Å². The molecule has 1 aliphatic rings. The van der Waals surface area contributed by atoms with Crippen LogP contribution in [0.25, 0.3) is 10.9 Å². The molecule has 2 amide bonds. The summed E-state index contributed by atoms with van der Waals surface area (Å²) in [6.07, 6.45) is 4.84. The van der Waals surface area contributed by atoms with Crippen molar-refractivity contribution in [1.29, 1.82) is 0 Å². The topological polar surface area (TPSA) is 125 Å². The number of nitrogens with zero attached hydrogens (tertiary/aromatic N) is 3. The summed E-state index contributed by atoms with van der Waals surface area (Å²) >= 11 is 0. The maximum atomic E-state index is 14.5. The molecule has 0 bridgehead atoms. The molecule has 2 heterocycles. The van der Waals surface area contributed by atoms with Crippen molar-refractivity contribution in [2.45, 2.75) is 37.6 Å². The van der Waals surface area contributed by atoms with E-state index in [4.69, 9.17) is 10.5 Å². The van der Waals surface area contributed by atoms with E-state index in [0.717, 1.165) is 34.4 Å². The highest BCUT2D eigenvalue weighted by Crippen LogP contribution is 2.30. The van der Waals surface area contributed by atoms with Gasteiger partial charge in [-0.2, -0.15) is 5.10 Å². The molecule has 2 N–H and O–H groups in total. The molecule has 1 aromatic heterocycles. The standard InChI is InChI=1S/C26H31FN4O5S/c1-16-21-15-31(10-11-36-2)29-23(21)13-18(24(16)25(28)32)12-17-6-8-30(9-7-17)26(33)20-5-4-19(14-22(20)27)37(3,34)35/h4-5,13-15,17H,6-12H2,1-3H3,(H2,28,32). The zero-order valence-corrected chi connectivity index (χ0v) is 22.0. The molecule has 0 atom stereocenters. The van der Waals surface area contributed by atoms with Crippen molar-refractivity contribution in [1.82, 2.24) is 14.7 Å². The molecule has 4 rings (SSSR count). The van der Waals surface area contributed by atoms with E-state index in [1.54, 1.807) is 16.7 Å². The summed E-state index contributed by atoms with van der Waals surface area (Å²) in [5.74, 6) is -1.60. The highest BCUT2D eigenvalue weighted by Gasteiger charge is 2.27. The van der Waals surface area contributed by atoms with Crippen molar-refractivity contribution in [3.05, 3.63) is 58.5 Å². The van der Waals surface area contributed by atoms with Crippen molar-refractivity contribution in [3.63, 3.8) is 0 Å². The molecule has 0 aliphatic carbocycles. The van der Waals surface area contributed by atoms with Gasteiger partial charge >= 0.3 is 0 Å². The second kappa shape index (κ2) is 10.6. The number of methoxy groups -OCH3 is 1. The zero-order chi connectivity index (χ0) is 26.9. The van der Waals surface area contributed by atoms with E-state index in [1.807, 2.05) is 19.2 Å². The quantitative estimate of drug-likeness (QED) is 0.478. The Morgan fingerprint density at radius 2 is 1.92 bits per heavy atom. The predicted molar refractivity (Wildman–Crippen MR) is 137 cm³/mol. The molecule has 1 saturated heterocycles. The van der Waals surface area contributed by atoms with Crippen molar-refractivity contribution >= 4 is 32.6 Å². The van der Waals surface area contributed by atoms with Crippen LogP contribution in [0.15, 0.2) is 35.4 Å². The lowest BCUT2D eigenvalue weighted by Crippen LogP contribution is -2.39. The van der Waals surface area contributed by atoms with Gasteiger partial charge in [0.25, 0.3) is 5.91 Å². The molecule has 0 spiro atoms. The number of likely N-dealkylation sites (tertiary alicyclic amines) is 1. The fraction of sp³-hybridized carbons (Fsp3) is 0.423. The summed E-state index contributed by atoms with van der Waals surface area (Å²) < 4.78 is 44.8. The first-order valence-electron chi connectivity index (χ1n) is 12.1. The number of aromatic nitrogens is 2. The van der Waals surface area contributed by atoms with Gasteiger partial charge in [0.1, 0.15) is 5.82 Å². The summed E-state index contributed by atoms with van der Waals surface area (Å²) in [7, 11) is -1.94. The molecule has 1 fully saturated rings. The number of ether oxygens (including phenoxy) is 1. The number of amides is 2. The second-order valence-electron chi connectivity index (χ2n) is 9.57. The lowest BCUT2D eigenvalue weighted by atomic mass is 9.86. The average molecular weight is 531 g/mol. The number of fused-ring (bicyclic) bond motifs is 1. The van der Waals surface area contributed by atoms with Gasteiger partial charge < -0.3 is 15.4 Å². The van der Waals surface area contributed by atoms with Crippen molar-refractivity contribution in [3.8, 4) is 0 Å². The number of carbonyl (C=O) groups is 2. The van der Waals surface area contributed by atoms with Gasteiger partial charge in [-0.15, -0.1) is 0 Å². The number of rotatable bonds is 8. The maximum Gasteiger partial charge on any atom is 0.256 e. The third-order valence-electron chi connectivity index (χ3n) is 6.98. The minimum Gasteiger partial charge on any atom is -0.383 e. The first-order chi connectivity index (χ1) is 17.5. The molecular formula is C26H31FN4O5S. The Hall–Kier alpha value is -3.31. The summed E-state index contributed by atoms with van der Waals surface area (Å²) in [4.78, 5) is 26.7. The molecule has 0 saturated carbocycles. The van der Waals surface area contributed by atoms with Crippen LogP contribution >= 0.6 is 0 Å². The molecule has 198 valence electrons. The van der Waals surface area contributed by atoms with Gasteiger partial charge in [-0.1, -0.05) is 0 Å². The Morgan fingerprint density at radius 1 is 1.22 bits per heavy atom. The number of sulfone groups is 1. The van der Waals surface area contributed by atoms with E-state index in [-0.39, 0.29) is 16.4 Å². The van der Waals surface area contributed by atoms with Crippen molar-refractivity contribution in [2.75, 3.05) is 33.1 Å². The van der Waals surface area contributed by atoms with E-state index < -0.39 is 27.5 Å². The smallest absolute Gasteiger partial charge is 0.256 e. The van der Waals surface area contributed by atoms with Gasteiger partial charge in [-0.25, -0.2) is 12.8 Å². The Balaban J connectivity index is 1.49. The molecule has 1 aliphatic heterocycles. The summed E-state index contributed by atoms with van der Waals surface area (Å²) in [5.41, 5.74) is 8.54. The number of halogens is 1. The monoisotopic (exact) mass is 530 g/mol. The number of hydrogen-bond acceptors (Lipinski definition) is 6. The van der Waals surface area contributed by atoms with E-state index in [9.17, 15) is 22.4 Å². The van der Waals surface area contributed by atoms with E-state index in [0.29, 0.717) is 51.1 Å². The van der Waals surface area contributed by atoms with Crippen LogP contribution in [0.2, 0.25) is 0 Å². The number of hydrogen-bond donors (Lipinski definition) is 1. The number of piperidine rings is 1. The predicted octanol–water partition coefficient (Wildman–Crippen LogP) is 2.73. The molecule has 11 heteroatoms. The Bertz CT molecular complexity index is 1460. The molecule has 0 radical (unpaired) electrons. The van der Waals surface area contributed by atoms with Crippen LogP contribution in [0.4, 0.5) is 4.39 Å². The first-order valence-corrected chi connectivity index (χ1v) is 14.0. The molecule has 9 nitrogen and oxygen atoms in total. The van der Waals surface area contributed by atoms with E-state index in [1.165, 1.54) is 12.1 Å². The number of nitrogens with two attached hydrogens (primary N) is 1. The van der Waals surface area contributed by atoms with Crippen LogP contribution in [0.1, 0.15) is 44.7 Å². The number of carbonyl (C=O) groups excluding carboxylic acids is 2. The summed E-state index contributed by atoms with van der Waals surface area (Å²) in [5, 5.41) is 5.50. The van der Waals surface area contributed by atoms with E-state index >= 15 is 0 Å². The highest BCUT2D eigenvalue weighted by molar-refractivity contribution is 7.90. The zero-order valence-electron chi connectivity index (χ0n) is 21.2. The van der Waals surface area contributed by atoms with Gasteiger partial charge in [-0.05, 0) is 67.5 Å². The van der Waals surface area contributed by atoms with Crippen LogP contribution < -0.4 is 5.73 Å². The highest BCUT2D eigenvalue weighted by atomic mass is 32.2. The third-order valence-corrected chi connectivity index (χ3v) is 8.09. The fourth-order valence-corrected chi connectivity index (χ4v) is 5.60. The normalized spacial score (nSPS) is 14.9. The van der Waals surface area contributed by atoms with Crippen LogP contribution in [0.3, 0.4) is 0 Å². The van der Waals surface area contributed by atoms with Gasteiger partial charge in [0.15, 0.2) is 9.84 Å². The Kier molecular flexibility index (Phi) is 7.65. The minimum atomic E-state index is -3.57. The number of aryl methyl sites for hydroxylation is 1. The molecule has 0 unspecified atom stereocenters. The summed E-state index contributed by atoms with van der Waals surface area (Å²) in [6.45, 7) is 3.84. The van der Waals surface area contributed by atoms with Gasteiger partial charge in [-0.3, -0.25) is 14.3 Å². The lowest BCUT2D eigenvalue weighted by molar-refractivity contribution is 0.0685. The molecular weight excluding hydrogens is 499 g/mol. The fourth-order valence-electron chi connectivity index (χ4n) is 4.97. The average Bonchev–Trinajstić information content (AvgIpc) is 3.25. The third kappa shape index (κ3) is 5.67. The molecule has 3 aromatic rings.